The van der Waals surface area contributed by atoms with E-state index in [4.69, 9.17) is 23.7 Å². The summed E-state index contributed by atoms with van der Waals surface area (Å²) in [5.74, 6) is -1.32. The van der Waals surface area contributed by atoms with Gasteiger partial charge in [-0.3, -0.25) is 0 Å². The van der Waals surface area contributed by atoms with Crippen molar-refractivity contribution in [2.45, 2.75) is 33.3 Å². The van der Waals surface area contributed by atoms with E-state index in [9.17, 15) is 14.7 Å². The molecule has 9 heteroatoms. The summed E-state index contributed by atoms with van der Waals surface area (Å²) in [6.45, 7) is 7.96. The summed E-state index contributed by atoms with van der Waals surface area (Å²) in [4.78, 5) is 35.1. The Morgan fingerprint density at radius 1 is 1.19 bits per heavy atom. The highest BCUT2D eigenvalue weighted by Gasteiger charge is 2.38. The summed E-state index contributed by atoms with van der Waals surface area (Å²) in [5.41, 5.74) is -0.0899. The quantitative estimate of drug-likeness (QED) is 0.239. The number of rotatable bonds is 11. The van der Waals surface area contributed by atoms with Crippen LogP contribution in [-0.4, -0.2) is 75.4 Å². The summed E-state index contributed by atoms with van der Waals surface area (Å²) < 4.78 is 20.0. The van der Waals surface area contributed by atoms with Crippen molar-refractivity contribution in [3.8, 4) is 0 Å². The fourth-order valence-electron chi connectivity index (χ4n) is 1.78. The van der Waals surface area contributed by atoms with E-state index in [1.165, 1.54) is 6.08 Å². The van der Waals surface area contributed by atoms with Crippen molar-refractivity contribution in [1.29, 1.82) is 0 Å². The monoisotopic (exact) mass is 387 g/mol. The predicted octanol–water partition coefficient (Wildman–Crippen LogP) is 0.795. The van der Waals surface area contributed by atoms with Gasteiger partial charge >= 0.3 is 11.9 Å². The zero-order valence-electron chi connectivity index (χ0n) is 16.1. The van der Waals surface area contributed by atoms with E-state index in [0.29, 0.717) is 26.4 Å². The van der Waals surface area contributed by atoms with Gasteiger partial charge in [0.05, 0.1) is 25.2 Å². The predicted molar refractivity (Wildman–Crippen MR) is 95.8 cm³/mol. The summed E-state index contributed by atoms with van der Waals surface area (Å²) in [5, 5.41) is 9.41. The molecular formula is C18H29NO8. The van der Waals surface area contributed by atoms with Crippen molar-refractivity contribution in [3.63, 3.8) is 0 Å². The number of esters is 2. The Balaban J connectivity index is 0.00000119. The molecule has 0 aliphatic carbocycles. The molecule has 0 radical (unpaired) electrons. The van der Waals surface area contributed by atoms with Crippen LogP contribution in [0.25, 0.3) is 0 Å². The average Bonchev–Trinajstić information content (AvgIpc) is 2.63. The highest BCUT2D eigenvalue weighted by Crippen LogP contribution is 2.31. The lowest BCUT2D eigenvalue weighted by Crippen LogP contribution is -2.46. The molecule has 9 nitrogen and oxygen atoms in total. The Labute approximate surface area is 159 Å². The minimum absolute atomic E-state index is 0.0899. The Morgan fingerprint density at radius 3 is 2.22 bits per heavy atom. The second kappa shape index (κ2) is 15.0. The van der Waals surface area contributed by atoms with Crippen LogP contribution in [0, 0.1) is 5.41 Å². The average molecular weight is 387 g/mol. The second-order valence-electron chi connectivity index (χ2n) is 5.80. The first-order valence-electron chi connectivity index (χ1n) is 8.81. The summed E-state index contributed by atoms with van der Waals surface area (Å²) in [7, 11) is 0. The second-order valence-corrected chi connectivity index (χ2v) is 5.80. The van der Waals surface area contributed by atoms with Crippen LogP contribution in [-0.2, 0) is 33.3 Å². The van der Waals surface area contributed by atoms with Gasteiger partial charge in [-0.25, -0.2) is 19.4 Å². The maximum atomic E-state index is 11.5. The van der Waals surface area contributed by atoms with Crippen LogP contribution in [0.1, 0.15) is 27.2 Å². The molecule has 1 saturated heterocycles. The molecule has 1 rings (SSSR count). The number of aliphatic hydroxyl groups excluding tert-OH is 1. The molecule has 0 aromatic carbocycles. The molecular weight excluding hydrogens is 358 g/mol. The van der Waals surface area contributed by atoms with E-state index >= 15 is 0 Å². The Kier molecular flexibility index (Phi) is 13.9. The van der Waals surface area contributed by atoms with E-state index in [-0.39, 0.29) is 25.2 Å². The van der Waals surface area contributed by atoms with Gasteiger partial charge in [0, 0.05) is 25.3 Å². The standard InChI is InChI=1S/C15H24O7.C3H5NO/c1-3-15(9-20-10-15)11-22-14(18)6-5-13(17)21-8-12(16)7-19-4-2;1-2-4-3-5/h5-6,12,16H,3-4,7-11H2,1-2H3;2H2,1H3/b6-5+;. The Morgan fingerprint density at radius 2 is 1.81 bits per heavy atom. The largest absolute Gasteiger partial charge is 0.462 e. The molecule has 1 aliphatic rings. The van der Waals surface area contributed by atoms with Crippen LogP contribution in [0.4, 0.5) is 0 Å². The van der Waals surface area contributed by atoms with Crippen LogP contribution < -0.4 is 0 Å². The highest BCUT2D eigenvalue weighted by atomic mass is 16.6. The fraction of sp³-hybridized carbons (Fsp3) is 0.722. The van der Waals surface area contributed by atoms with Gasteiger partial charge in [-0.15, -0.1) is 0 Å². The number of isocyanates is 1. The van der Waals surface area contributed by atoms with Gasteiger partial charge < -0.3 is 24.1 Å². The van der Waals surface area contributed by atoms with Gasteiger partial charge in [0.2, 0.25) is 6.08 Å². The van der Waals surface area contributed by atoms with E-state index in [1.807, 2.05) is 6.92 Å². The van der Waals surface area contributed by atoms with E-state index in [2.05, 4.69) is 4.99 Å². The molecule has 27 heavy (non-hydrogen) atoms. The molecule has 0 bridgehead atoms. The molecule has 154 valence electrons. The fourth-order valence-corrected chi connectivity index (χ4v) is 1.78. The minimum Gasteiger partial charge on any atom is -0.462 e. The van der Waals surface area contributed by atoms with Gasteiger partial charge in [-0.05, 0) is 20.3 Å². The lowest BCUT2D eigenvalue weighted by Gasteiger charge is -2.39. The van der Waals surface area contributed by atoms with Gasteiger partial charge in [-0.1, -0.05) is 6.92 Å². The number of aliphatic imine (C=N–C) groups is 1. The molecule has 1 atom stereocenters. The molecule has 0 saturated carbocycles. The maximum absolute atomic E-state index is 11.5. The zero-order valence-corrected chi connectivity index (χ0v) is 16.1. The van der Waals surface area contributed by atoms with Gasteiger partial charge in [0.1, 0.15) is 19.3 Å². The van der Waals surface area contributed by atoms with Gasteiger partial charge in [-0.2, -0.15) is 0 Å². The summed E-state index contributed by atoms with van der Waals surface area (Å²) in [6.07, 6.45) is 3.37. The molecule has 0 amide bonds. The number of aliphatic hydroxyl groups is 1. The SMILES string of the molecule is CCN=C=O.CCOCC(O)COC(=O)/C=C/C(=O)OCC1(CC)COC1. The minimum atomic E-state index is -0.882. The number of hydrogen-bond acceptors (Lipinski definition) is 9. The van der Waals surface area contributed by atoms with Gasteiger partial charge in [0.15, 0.2) is 0 Å². The Bertz CT molecular complexity index is 504. The first-order valence-corrected chi connectivity index (χ1v) is 8.81. The van der Waals surface area contributed by atoms with Crippen LogP contribution in [0.3, 0.4) is 0 Å². The third-order valence-electron chi connectivity index (χ3n) is 3.60. The van der Waals surface area contributed by atoms with Crippen molar-refractivity contribution in [1.82, 2.24) is 0 Å². The zero-order chi connectivity index (χ0) is 20.5. The first kappa shape index (κ1) is 24.9. The number of nitrogens with zero attached hydrogens (tertiary/aromatic N) is 1. The Hall–Kier alpha value is -2.06. The van der Waals surface area contributed by atoms with Gasteiger partial charge in [0.25, 0.3) is 0 Å². The number of ether oxygens (including phenoxy) is 4. The summed E-state index contributed by atoms with van der Waals surface area (Å²) in [6, 6.07) is 0. The third-order valence-corrected chi connectivity index (χ3v) is 3.60. The third kappa shape index (κ3) is 12.0. The molecule has 0 spiro atoms. The van der Waals surface area contributed by atoms with Crippen molar-refractivity contribution >= 4 is 18.0 Å². The smallest absolute Gasteiger partial charge is 0.331 e. The van der Waals surface area contributed by atoms with Crippen molar-refractivity contribution < 1.29 is 38.4 Å². The van der Waals surface area contributed by atoms with Crippen LogP contribution in [0.2, 0.25) is 0 Å². The molecule has 0 aromatic rings. The molecule has 1 fully saturated rings. The highest BCUT2D eigenvalue weighted by molar-refractivity contribution is 5.91. The van der Waals surface area contributed by atoms with Crippen molar-refractivity contribution in [2.24, 2.45) is 10.4 Å². The molecule has 0 aromatic heterocycles. The van der Waals surface area contributed by atoms with Crippen LogP contribution in [0.5, 0.6) is 0 Å². The van der Waals surface area contributed by atoms with Crippen molar-refractivity contribution in [3.05, 3.63) is 12.2 Å². The normalized spacial score (nSPS) is 15.6. The van der Waals surface area contributed by atoms with Crippen LogP contribution in [0.15, 0.2) is 17.1 Å². The molecule has 1 unspecified atom stereocenters. The molecule has 1 N–H and O–H groups in total. The van der Waals surface area contributed by atoms with E-state index in [1.54, 1.807) is 13.8 Å². The topological polar surface area (TPSA) is 121 Å². The lowest BCUT2D eigenvalue weighted by atomic mass is 9.84. The van der Waals surface area contributed by atoms with Crippen LogP contribution >= 0.6 is 0 Å². The number of hydrogen-bond donors (Lipinski definition) is 1. The van der Waals surface area contributed by atoms with E-state index < -0.39 is 18.0 Å². The van der Waals surface area contributed by atoms with E-state index in [0.717, 1.165) is 18.6 Å². The molecule has 1 heterocycles. The first-order chi connectivity index (χ1) is 12.9. The van der Waals surface area contributed by atoms with Crippen molar-refractivity contribution in [2.75, 3.05) is 46.2 Å². The summed E-state index contributed by atoms with van der Waals surface area (Å²) >= 11 is 0. The number of carbonyl (C=O) groups is 2. The maximum Gasteiger partial charge on any atom is 0.331 e. The lowest BCUT2D eigenvalue weighted by molar-refractivity contribution is -0.166. The molecule has 1 aliphatic heterocycles. The number of carbonyl (C=O) groups excluding carboxylic acids is 3.